The van der Waals surface area contributed by atoms with Gasteiger partial charge in [0.25, 0.3) is 0 Å². The second-order valence-electron chi connectivity index (χ2n) is 4.48. The molecule has 0 aromatic rings. The molecular formula is C12H22N2O. The Labute approximate surface area is 92.3 Å². The molecule has 1 aliphatic rings. The lowest BCUT2D eigenvalue weighted by atomic mass is 10.1. The molecule has 0 bridgehead atoms. The van der Waals surface area contributed by atoms with Crippen molar-refractivity contribution >= 4 is 5.91 Å². The fourth-order valence-corrected chi connectivity index (χ4v) is 1.61. The topological polar surface area (TPSA) is 41.1 Å². The van der Waals surface area contributed by atoms with Crippen LogP contribution in [0.2, 0.25) is 0 Å². The van der Waals surface area contributed by atoms with Gasteiger partial charge in [-0.15, -0.1) is 6.58 Å². The zero-order valence-corrected chi connectivity index (χ0v) is 9.75. The SMILES string of the molecule is C=CCNC(=O)C(C)NCC(C)C1CC1. The predicted molar refractivity (Wildman–Crippen MR) is 62.6 cm³/mol. The van der Waals surface area contributed by atoms with E-state index in [1.807, 2.05) is 6.92 Å². The van der Waals surface area contributed by atoms with Crippen LogP contribution in [-0.2, 0) is 4.79 Å². The fraction of sp³-hybridized carbons (Fsp3) is 0.750. The number of carbonyl (C=O) groups excluding carboxylic acids is 1. The molecule has 0 heterocycles. The largest absolute Gasteiger partial charge is 0.351 e. The zero-order chi connectivity index (χ0) is 11.3. The van der Waals surface area contributed by atoms with Gasteiger partial charge < -0.3 is 10.6 Å². The van der Waals surface area contributed by atoms with Gasteiger partial charge in [0.2, 0.25) is 5.91 Å². The van der Waals surface area contributed by atoms with Crippen molar-refractivity contribution in [1.29, 1.82) is 0 Å². The van der Waals surface area contributed by atoms with Crippen molar-refractivity contribution in [3.05, 3.63) is 12.7 Å². The number of rotatable bonds is 7. The van der Waals surface area contributed by atoms with Gasteiger partial charge in [-0.25, -0.2) is 0 Å². The second-order valence-corrected chi connectivity index (χ2v) is 4.48. The molecule has 1 fully saturated rings. The molecule has 0 saturated heterocycles. The van der Waals surface area contributed by atoms with Crippen LogP contribution in [0.3, 0.4) is 0 Å². The van der Waals surface area contributed by atoms with Crippen LogP contribution in [0.4, 0.5) is 0 Å². The summed E-state index contributed by atoms with van der Waals surface area (Å²) in [4.78, 5) is 11.5. The molecule has 3 heteroatoms. The summed E-state index contributed by atoms with van der Waals surface area (Å²) in [7, 11) is 0. The minimum atomic E-state index is -0.105. The molecule has 0 spiro atoms. The first-order valence-electron chi connectivity index (χ1n) is 5.77. The maximum atomic E-state index is 11.5. The van der Waals surface area contributed by atoms with Gasteiger partial charge in [0.1, 0.15) is 0 Å². The smallest absolute Gasteiger partial charge is 0.237 e. The summed E-state index contributed by atoms with van der Waals surface area (Å²) in [6.07, 6.45) is 4.41. The quantitative estimate of drug-likeness (QED) is 0.622. The zero-order valence-electron chi connectivity index (χ0n) is 9.75. The van der Waals surface area contributed by atoms with E-state index in [9.17, 15) is 4.79 Å². The minimum absolute atomic E-state index is 0.0536. The molecule has 0 aliphatic heterocycles. The monoisotopic (exact) mass is 210 g/mol. The van der Waals surface area contributed by atoms with E-state index in [4.69, 9.17) is 0 Å². The Balaban J connectivity index is 2.13. The van der Waals surface area contributed by atoms with Crippen molar-refractivity contribution in [2.24, 2.45) is 11.8 Å². The van der Waals surface area contributed by atoms with Gasteiger partial charge in [-0.05, 0) is 38.1 Å². The molecule has 2 atom stereocenters. The molecular weight excluding hydrogens is 188 g/mol. The fourth-order valence-electron chi connectivity index (χ4n) is 1.61. The van der Waals surface area contributed by atoms with E-state index < -0.39 is 0 Å². The third-order valence-corrected chi connectivity index (χ3v) is 2.99. The highest BCUT2D eigenvalue weighted by atomic mass is 16.2. The Morgan fingerprint density at radius 1 is 1.53 bits per heavy atom. The van der Waals surface area contributed by atoms with E-state index in [0.29, 0.717) is 12.5 Å². The molecule has 1 amide bonds. The van der Waals surface area contributed by atoms with Crippen molar-refractivity contribution in [2.75, 3.05) is 13.1 Å². The number of nitrogens with one attached hydrogen (secondary N) is 2. The molecule has 1 rings (SSSR count). The summed E-state index contributed by atoms with van der Waals surface area (Å²) in [6.45, 7) is 9.19. The van der Waals surface area contributed by atoms with Crippen molar-refractivity contribution < 1.29 is 4.79 Å². The van der Waals surface area contributed by atoms with Gasteiger partial charge in [-0.2, -0.15) is 0 Å². The van der Waals surface area contributed by atoms with Gasteiger partial charge in [0.15, 0.2) is 0 Å². The molecule has 3 nitrogen and oxygen atoms in total. The first-order valence-corrected chi connectivity index (χ1v) is 5.77. The second kappa shape index (κ2) is 5.91. The molecule has 0 aromatic carbocycles. The van der Waals surface area contributed by atoms with E-state index in [-0.39, 0.29) is 11.9 Å². The number of hydrogen-bond donors (Lipinski definition) is 2. The van der Waals surface area contributed by atoms with Crippen LogP contribution in [0.1, 0.15) is 26.7 Å². The lowest BCUT2D eigenvalue weighted by Crippen LogP contribution is -2.43. The highest BCUT2D eigenvalue weighted by molar-refractivity contribution is 5.81. The summed E-state index contributed by atoms with van der Waals surface area (Å²) in [5, 5.41) is 6.05. The molecule has 0 radical (unpaired) electrons. The Hall–Kier alpha value is -0.830. The maximum absolute atomic E-state index is 11.5. The van der Waals surface area contributed by atoms with Crippen LogP contribution in [0.25, 0.3) is 0 Å². The lowest BCUT2D eigenvalue weighted by molar-refractivity contribution is -0.122. The molecule has 1 aliphatic carbocycles. The van der Waals surface area contributed by atoms with Crippen molar-refractivity contribution in [1.82, 2.24) is 10.6 Å². The van der Waals surface area contributed by atoms with Gasteiger partial charge in [-0.1, -0.05) is 13.0 Å². The summed E-state index contributed by atoms with van der Waals surface area (Å²) in [5.41, 5.74) is 0. The van der Waals surface area contributed by atoms with Crippen LogP contribution >= 0.6 is 0 Å². The van der Waals surface area contributed by atoms with E-state index in [1.54, 1.807) is 6.08 Å². The van der Waals surface area contributed by atoms with Crippen LogP contribution < -0.4 is 10.6 Å². The number of amides is 1. The lowest BCUT2D eigenvalue weighted by Gasteiger charge is -2.16. The van der Waals surface area contributed by atoms with Crippen LogP contribution in [-0.4, -0.2) is 25.0 Å². The maximum Gasteiger partial charge on any atom is 0.237 e. The highest BCUT2D eigenvalue weighted by Crippen LogP contribution is 2.36. The van der Waals surface area contributed by atoms with E-state index in [2.05, 4.69) is 24.1 Å². The number of hydrogen-bond acceptors (Lipinski definition) is 2. The molecule has 1 saturated carbocycles. The highest BCUT2D eigenvalue weighted by Gasteiger charge is 2.28. The van der Waals surface area contributed by atoms with Crippen molar-refractivity contribution in [3.63, 3.8) is 0 Å². The summed E-state index contributed by atoms with van der Waals surface area (Å²) < 4.78 is 0. The Morgan fingerprint density at radius 3 is 2.73 bits per heavy atom. The normalized spacial score (nSPS) is 19.3. The number of carbonyl (C=O) groups is 1. The first kappa shape index (κ1) is 12.2. The molecule has 2 N–H and O–H groups in total. The third-order valence-electron chi connectivity index (χ3n) is 2.99. The van der Waals surface area contributed by atoms with Gasteiger partial charge in [-0.3, -0.25) is 4.79 Å². The van der Waals surface area contributed by atoms with E-state index in [1.165, 1.54) is 12.8 Å². The van der Waals surface area contributed by atoms with Gasteiger partial charge in [0, 0.05) is 6.54 Å². The molecule has 2 unspecified atom stereocenters. The molecule has 86 valence electrons. The van der Waals surface area contributed by atoms with E-state index in [0.717, 1.165) is 12.5 Å². The molecule has 15 heavy (non-hydrogen) atoms. The Morgan fingerprint density at radius 2 is 2.20 bits per heavy atom. The summed E-state index contributed by atoms with van der Waals surface area (Å²) >= 11 is 0. The Kier molecular flexibility index (Phi) is 4.82. The van der Waals surface area contributed by atoms with Crippen molar-refractivity contribution in [3.8, 4) is 0 Å². The summed E-state index contributed by atoms with van der Waals surface area (Å²) in [6, 6.07) is -0.105. The van der Waals surface area contributed by atoms with Gasteiger partial charge >= 0.3 is 0 Å². The van der Waals surface area contributed by atoms with Crippen molar-refractivity contribution in [2.45, 2.75) is 32.7 Å². The summed E-state index contributed by atoms with van der Waals surface area (Å²) in [5.74, 6) is 1.64. The standard InChI is InChI=1S/C12H22N2O/c1-4-7-13-12(15)10(3)14-8-9(2)11-5-6-11/h4,9-11,14H,1,5-8H2,2-3H3,(H,13,15). The molecule has 0 aromatic heterocycles. The average molecular weight is 210 g/mol. The third kappa shape index (κ3) is 4.47. The average Bonchev–Trinajstić information content (AvgIpc) is 3.05. The van der Waals surface area contributed by atoms with Crippen LogP contribution in [0, 0.1) is 11.8 Å². The minimum Gasteiger partial charge on any atom is -0.351 e. The first-order chi connectivity index (χ1) is 7.15. The van der Waals surface area contributed by atoms with Crippen LogP contribution in [0.15, 0.2) is 12.7 Å². The predicted octanol–water partition coefficient (Wildman–Crippen LogP) is 1.31. The van der Waals surface area contributed by atoms with Gasteiger partial charge in [0.05, 0.1) is 6.04 Å². The Bertz CT molecular complexity index is 224. The van der Waals surface area contributed by atoms with Crippen LogP contribution in [0.5, 0.6) is 0 Å². The van der Waals surface area contributed by atoms with E-state index >= 15 is 0 Å².